The second-order valence-corrected chi connectivity index (χ2v) is 6.28. The van der Waals surface area contributed by atoms with E-state index in [9.17, 15) is 8.78 Å². The molecule has 0 atom stereocenters. The number of rotatable bonds is 2. The molecule has 0 amide bonds. The number of hydrogen-bond acceptors (Lipinski definition) is 3. The van der Waals surface area contributed by atoms with Crippen molar-refractivity contribution in [1.82, 2.24) is 0 Å². The molecule has 1 aromatic rings. The van der Waals surface area contributed by atoms with Crippen LogP contribution in [0.4, 0.5) is 14.5 Å². The van der Waals surface area contributed by atoms with Crippen LogP contribution in [-0.4, -0.2) is 32.4 Å². The minimum absolute atomic E-state index is 0.0859. The molecule has 0 spiro atoms. The van der Waals surface area contributed by atoms with E-state index in [0.717, 1.165) is 0 Å². The lowest BCUT2D eigenvalue weighted by Gasteiger charge is -2.32. The van der Waals surface area contributed by atoms with Gasteiger partial charge in [0.15, 0.2) is 0 Å². The van der Waals surface area contributed by atoms with Crippen molar-refractivity contribution < 1.29 is 18.1 Å². The average molecular weight is 283 g/mol. The van der Waals surface area contributed by atoms with Crippen LogP contribution in [0.15, 0.2) is 12.1 Å². The largest absolute Gasteiger partial charge is 0.497 e. The molecule has 0 N–H and O–H groups in total. The first-order chi connectivity index (χ1) is 9.07. The summed E-state index contributed by atoms with van der Waals surface area (Å²) in [5, 5.41) is 0. The topological polar surface area (TPSA) is 21.7 Å². The van der Waals surface area contributed by atoms with E-state index in [2.05, 4.69) is 0 Å². The predicted octanol–water partition coefficient (Wildman–Crippen LogP) is 2.33. The summed E-state index contributed by atoms with van der Waals surface area (Å²) in [4.78, 5) is 1.40. The molecule has 110 valence electrons. The second kappa shape index (κ2) is 4.70. The third kappa shape index (κ3) is 2.31. The van der Waals surface area contributed by atoms with Crippen LogP contribution in [0.3, 0.4) is 0 Å². The predicted molar refractivity (Wildman–Crippen MR) is 76.4 cm³/mol. The van der Waals surface area contributed by atoms with Crippen molar-refractivity contribution in [3.05, 3.63) is 23.8 Å². The minimum Gasteiger partial charge on any atom is -0.399 e. The van der Waals surface area contributed by atoms with Crippen LogP contribution in [0.2, 0.25) is 0 Å². The molecule has 1 heterocycles. The van der Waals surface area contributed by atoms with E-state index in [1.165, 1.54) is 17.0 Å². The average Bonchev–Trinajstić information content (AvgIpc) is 2.47. The molecule has 0 aromatic heterocycles. The van der Waals surface area contributed by atoms with Gasteiger partial charge in [-0.2, -0.15) is 0 Å². The zero-order chi connectivity index (χ0) is 15.3. The summed E-state index contributed by atoms with van der Waals surface area (Å²) in [7, 11) is 2.35. The summed E-state index contributed by atoms with van der Waals surface area (Å²) >= 11 is 0. The summed E-state index contributed by atoms with van der Waals surface area (Å²) in [5.74, 6) is -1.25. The van der Waals surface area contributed by atoms with Gasteiger partial charge in [0.1, 0.15) is 17.3 Å². The fraction of sp³-hybridized carbons (Fsp3) is 0.571. The van der Waals surface area contributed by atoms with Crippen molar-refractivity contribution >= 4 is 18.3 Å². The van der Waals surface area contributed by atoms with E-state index in [0.29, 0.717) is 0 Å². The quantitative estimate of drug-likeness (QED) is 0.778. The lowest BCUT2D eigenvalue weighted by Crippen LogP contribution is -2.41. The highest BCUT2D eigenvalue weighted by Crippen LogP contribution is 2.37. The van der Waals surface area contributed by atoms with Crippen molar-refractivity contribution in [2.24, 2.45) is 0 Å². The molecule has 0 aliphatic carbocycles. The lowest BCUT2D eigenvalue weighted by molar-refractivity contribution is 0.00578. The highest BCUT2D eigenvalue weighted by Gasteiger charge is 2.52. The Hall–Kier alpha value is -1.14. The molecule has 0 radical (unpaired) electrons. The van der Waals surface area contributed by atoms with Gasteiger partial charge in [0, 0.05) is 19.6 Å². The van der Waals surface area contributed by atoms with E-state index >= 15 is 0 Å². The maximum absolute atomic E-state index is 14.5. The zero-order valence-electron chi connectivity index (χ0n) is 12.8. The number of nitrogens with zero attached hydrogens (tertiary/aromatic N) is 1. The molecule has 3 nitrogen and oxygen atoms in total. The van der Waals surface area contributed by atoms with E-state index in [-0.39, 0.29) is 11.2 Å². The molecule has 1 fully saturated rings. The molecule has 20 heavy (non-hydrogen) atoms. The Morgan fingerprint density at radius 1 is 1.00 bits per heavy atom. The van der Waals surface area contributed by atoms with Gasteiger partial charge >= 0.3 is 7.12 Å². The van der Waals surface area contributed by atoms with Gasteiger partial charge in [-0.3, -0.25) is 0 Å². The van der Waals surface area contributed by atoms with E-state index < -0.39 is 30.0 Å². The number of benzene rings is 1. The Kier molecular flexibility index (Phi) is 3.59. The lowest BCUT2D eigenvalue weighted by atomic mass is 9.78. The van der Waals surface area contributed by atoms with Crippen LogP contribution >= 0.6 is 0 Å². The molecule has 0 unspecified atom stereocenters. The van der Waals surface area contributed by atoms with Crippen LogP contribution < -0.4 is 10.4 Å². The van der Waals surface area contributed by atoms with Crippen molar-refractivity contribution in [3.63, 3.8) is 0 Å². The fourth-order valence-electron chi connectivity index (χ4n) is 2.12. The Labute approximate surface area is 119 Å². The monoisotopic (exact) mass is 283 g/mol. The fourth-order valence-corrected chi connectivity index (χ4v) is 2.12. The minimum atomic E-state index is -0.834. The molecule has 1 aliphatic heterocycles. The Morgan fingerprint density at radius 3 is 1.95 bits per heavy atom. The first-order valence-corrected chi connectivity index (χ1v) is 6.58. The second-order valence-electron chi connectivity index (χ2n) is 6.28. The smallest absolute Gasteiger partial charge is 0.399 e. The summed E-state index contributed by atoms with van der Waals surface area (Å²) < 4.78 is 39.8. The summed E-state index contributed by atoms with van der Waals surface area (Å²) in [6.07, 6.45) is 0. The van der Waals surface area contributed by atoms with Gasteiger partial charge in [-0.1, -0.05) is 6.07 Å². The highest BCUT2D eigenvalue weighted by molar-refractivity contribution is 6.62. The summed E-state index contributed by atoms with van der Waals surface area (Å²) in [5.41, 5.74) is -0.987. The van der Waals surface area contributed by atoms with Gasteiger partial charge in [-0.05, 0) is 33.8 Å². The number of anilines is 1. The van der Waals surface area contributed by atoms with E-state index in [1.807, 2.05) is 27.7 Å². The number of halogens is 2. The Bertz CT molecular complexity index is 516. The van der Waals surface area contributed by atoms with Crippen molar-refractivity contribution in [2.45, 2.75) is 38.9 Å². The molecule has 0 bridgehead atoms. The van der Waals surface area contributed by atoms with Crippen LogP contribution in [-0.2, 0) is 9.31 Å². The zero-order valence-corrected chi connectivity index (χ0v) is 12.8. The van der Waals surface area contributed by atoms with Crippen LogP contribution in [0.5, 0.6) is 0 Å². The molecular weight excluding hydrogens is 263 g/mol. The summed E-state index contributed by atoms with van der Waals surface area (Å²) in [6.45, 7) is 7.56. The molecule has 6 heteroatoms. The van der Waals surface area contributed by atoms with Crippen LogP contribution in [0, 0.1) is 11.6 Å². The third-order valence-electron chi connectivity index (χ3n) is 4.05. The van der Waals surface area contributed by atoms with Crippen LogP contribution in [0.25, 0.3) is 0 Å². The molecule has 1 aliphatic rings. The normalized spacial score (nSPS) is 20.3. The van der Waals surface area contributed by atoms with Gasteiger partial charge < -0.3 is 14.2 Å². The highest BCUT2D eigenvalue weighted by atomic mass is 19.1. The van der Waals surface area contributed by atoms with Crippen molar-refractivity contribution in [3.8, 4) is 0 Å². The van der Waals surface area contributed by atoms with E-state index in [4.69, 9.17) is 9.31 Å². The molecule has 0 saturated carbocycles. The van der Waals surface area contributed by atoms with Crippen molar-refractivity contribution in [1.29, 1.82) is 0 Å². The van der Waals surface area contributed by atoms with Gasteiger partial charge in [-0.25, -0.2) is 8.78 Å². The Balaban J connectivity index is 2.44. The molecule has 2 rings (SSSR count). The standard InChI is InChI=1S/C14H20BF2NO2/c1-13(2)14(3,4)20-15(19-13)9-7-8-10(16)12(11(9)17)18(5)6/h7-8H,1-6H3. The van der Waals surface area contributed by atoms with Gasteiger partial charge in [-0.15, -0.1) is 0 Å². The molecule has 1 aromatic carbocycles. The van der Waals surface area contributed by atoms with Gasteiger partial charge in [0.2, 0.25) is 0 Å². The van der Waals surface area contributed by atoms with Crippen molar-refractivity contribution in [2.75, 3.05) is 19.0 Å². The molecular formula is C14H20BF2NO2. The third-order valence-corrected chi connectivity index (χ3v) is 4.05. The maximum Gasteiger partial charge on any atom is 0.497 e. The summed E-state index contributed by atoms with van der Waals surface area (Å²) in [6, 6.07) is 2.61. The first-order valence-electron chi connectivity index (χ1n) is 6.58. The van der Waals surface area contributed by atoms with Gasteiger partial charge in [0.05, 0.1) is 11.2 Å². The maximum atomic E-state index is 14.5. The van der Waals surface area contributed by atoms with Crippen LogP contribution in [0.1, 0.15) is 27.7 Å². The first kappa shape index (κ1) is 15.3. The Morgan fingerprint density at radius 2 is 1.50 bits per heavy atom. The van der Waals surface area contributed by atoms with E-state index in [1.54, 1.807) is 14.1 Å². The molecule has 1 saturated heterocycles. The number of hydrogen-bond donors (Lipinski definition) is 0. The SMILES string of the molecule is CN(C)c1c(F)ccc(B2OC(C)(C)C(C)(C)O2)c1F. The van der Waals surface area contributed by atoms with Gasteiger partial charge in [0.25, 0.3) is 0 Å².